The maximum absolute atomic E-state index is 13.9. The van der Waals surface area contributed by atoms with Crippen LogP contribution in [0.15, 0.2) is 76.5 Å². The van der Waals surface area contributed by atoms with E-state index in [9.17, 15) is 9.18 Å². The summed E-state index contributed by atoms with van der Waals surface area (Å²) in [5.41, 5.74) is 3.21. The lowest BCUT2D eigenvalue weighted by atomic mass is 10.1. The Morgan fingerprint density at radius 3 is 2.52 bits per heavy atom. The van der Waals surface area contributed by atoms with Crippen LogP contribution < -0.4 is 10.2 Å². The highest BCUT2D eigenvalue weighted by atomic mass is 32.2. The van der Waals surface area contributed by atoms with Crippen LogP contribution >= 0.6 is 11.8 Å². The predicted octanol–water partition coefficient (Wildman–Crippen LogP) is 5.31. The standard InChI is InChI=1S/C25H26FN3OS/c1-17(16-28(2)3)29-21-10-6-7-11-23(21)31-24-13-12-18(14-22(24)29)25(30)27-15-19-8-4-5-9-20(19)26/h4-14,17H,15-16H2,1-3H3,(H,27,30)/t17-/m1/s1. The van der Waals surface area contributed by atoms with Crippen LogP contribution in [0.4, 0.5) is 15.8 Å². The first-order valence-corrected chi connectivity index (χ1v) is 11.1. The highest BCUT2D eigenvalue weighted by Crippen LogP contribution is 2.49. The summed E-state index contributed by atoms with van der Waals surface area (Å²) < 4.78 is 13.9. The molecule has 0 bridgehead atoms. The van der Waals surface area contributed by atoms with Crippen molar-refractivity contribution in [3.8, 4) is 0 Å². The monoisotopic (exact) mass is 435 g/mol. The number of halogens is 1. The van der Waals surface area contributed by atoms with Gasteiger partial charge in [-0.25, -0.2) is 4.39 Å². The lowest BCUT2D eigenvalue weighted by molar-refractivity contribution is 0.0950. The maximum atomic E-state index is 13.9. The molecular formula is C25H26FN3OS. The Morgan fingerprint density at radius 1 is 1.03 bits per heavy atom. The second-order valence-corrected chi connectivity index (χ2v) is 9.09. The Kier molecular flexibility index (Phi) is 6.30. The van der Waals surface area contributed by atoms with Gasteiger partial charge in [-0.1, -0.05) is 42.1 Å². The number of nitrogens with zero attached hydrogens (tertiary/aromatic N) is 2. The summed E-state index contributed by atoms with van der Waals surface area (Å²) in [6.45, 7) is 3.23. The molecule has 6 heteroatoms. The van der Waals surface area contributed by atoms with Crippen LogP contribution in [0, 0.1) is 5.82 Å². The number of rotatable bonds is 6. The number of carbonyl (C=O) groups excluding carboxylic acids is 1. The van der Waals surface area contributed by atoms with Gasteiger partial charge in [-0.15, -0.1) is 0 Å². The van der Waals surface area contributed by atoms with E-state index in [0.717, 1.165) is 22.8 Å². The first kappa shape index (κ1) is 21.4. The zero-order valence-corrected chi connectivity index (χ0v) is 18.7. The lowest BCUT2D eigenvalue weighted by Crippen LogP contribution is -2.38. The Bertz CT molecular complexity index is 1100. The topological polar surface area (TPSA) is 35.6 Å². The zero-order valence-electron chi connectivity index (χ0n) is 17.9. The number of para-hydroxylation sites is 1. The summed E-state index contributed by atoms with van der Waals surface area (Å²) in [4.78, 5) is 19.7. The maximum Gasteiger partial charge on any atom is 0.251 e. The van der Waals surface area contributed by atoms with Crippen LogP contribution in [0.3, 0.4) is 0 Å². The average Bonchev–Trinajstić information content (AvgIpc) is 2.75. The molecule has 0 saturated carbocycles. The molecule has 0 aromatic heterocycles. The van der Waals surface area contributed by atoms with Crippen molar-refractivity contribution in [2.24, 2.45) is 0 Å². The van der Waals surface area contributed by atoms with Gasteiger partial charge < -0.3 is 15.1 Å². The minimum Gasteiger partial charge on any atom is -0.348 e. The number of hydrogen-bond acceptors (Lipinski definition) is 4. The number of nitrogens with one attached hydrogen (secondary N) is 1. The van der Waals surface area contributed by atoms with E-state index < -0.39 is 0 Å². The number of anilines is 2. The van der Waals surface area contributed by atoms with E-state index in [-0.39, 0.29) is 24.3 Å². The largest absolute Gasteiger partial charge is 0.348 e. The number of amides is 1. The summed E-state index contributed by atoms with van der Waals surface area (Å²) in [6, 6.07) is 20.9. The van der Waals surface area contributed by atoms with Crippen molar-refractivity contribution in [1.82, 2.24) is 10.2 Å². The Labute approximate surface area is 187 Å². The number of hydrogen-bond donors (Lipinski definition) is 1. The zero-order chi connectivity index (χ0) is 22.0. The summed E-state index contributed by atoms with van der Waals surface area (Å²) in [5, 5.41) is 2.85. The SMILES string of the molecule is C[C@H](CN(C)C)N1c2ccccc2Sc2ccc(C(=O)NCc3ccccc3F)cc21. The molecule has 1 heterocycles. The van der Waals surface area contributed by atoms with Crippen LogP contribution in [0.1, 0.15) is 22.8 Å². The van der Waals surface area contributed by atoms with Gasteiger partial charge in [0.1, 0.15) is 5.82 Å². The van der Waals surface area contributed by atoms with Gasteiger partial charge in [0.15, 0.2) is 0 Å². The van der Waals surface area contributed by atoms with Crippen LogP contribution in [-0.2, 0) is 6.54 Å². The molecule has 1 atom stereocenters. The van der Waals surface area contributed by atoms with Gasteiger partial charge in [-0.05, 0) is 57.4 Å². The molecule has 4 nitrogen and oxygen atoms in total. The van der Waals surface area contributed by atoms with E-state index in [1.165, 1.54) is 11.0 Å². The Morgan fingerprint density at radius 2 is 1.74 bits per heavy atom. The molecule has 31 heavy (non-hydrogen) atoms. The summed E-state index contributed by atoms with van der Waals surface area (Å²) in [5.74, 6) is -0.528. The van der Waals surface area contributed by atoms with Crippen LogP contribution in [0.5, 0.6) is 0 Å². The Hall–Kier alpha value is -2.83. The summed E-state index contributed by atoms with van der Waals surface area (Å²) in [7, 11) is 4.13. The second-order valence-electron chi connectivity index (χ2n) is 8.01. The van der Waals surface area contributed by atoms with E-state index in [1.54, 1.807) is 30.0 Å². The van der Waals surface area contributed by atoms with Gasteiger partial charge >= 0.3 is 0 Å². The van der Waals surface area contributed by atoms with Crippen LogP contribution in [0.2, 0.25) is 0 Å². The van der Waals surface area contributed by atoms with Crippen molar-refractivity contribution >= 4 is 29.0 Å². The quantitative estimate of drug-likeness (QED) is 0.569. The van der Waals surface area contributed by atoms with Gasteiger partial charge in [-0.3, -0.25) is 4.79 Å². The minimum absolute atomic E-state index is 0.154. The molecule has 0 aliphatic carbocycles. The third kappa shape index (κ3) is 4.60. The summed E-state index contributed by atoms with van der Waals surface area (Å²) >= 11 is 1.72. The lowest BCUT2D eigenvalue weighted by Gasteiger charge is -2.38. The van der Waals surface area contributed by atoms with Gasteiger partial charge in [-0.2, -0.15) is 0 Å². The third-order valence-electron chi connectivity index (χ3n) is 5.29. The molecule has 0 saturated heterocycles. The molecular weight excluding hydrogens is 409 g/mol. The smallest absolute Gasteiger partial charge is 0.251 e. The van der Waals surface area contributed by atoms with E-state index in [1.807, 2.05) is 24.3 Å². The van der Waals surface area contributed by atoms with E-state index >= 15 is 0 Å². The molecule has 0 spiro atoms. The summed E-state index contributed by atoms with van der Waals surface area (Å²) in [6.07, 6.45) is 0. The normalized spacial score (nSPS) is 13.5. The molecule has 0 radical (unpaired) electrons. The molecule has 3 aromatic rings. The number of carbonyl (C=O) groups is 1. The number of benzene rings is 3. The molecule has 1 aliphatic rings. The third-order valence-corrected chi connectivity index (χ3v) is 6.42. The fourth-order valence-electron chi connectivity index (χ4n) is 3.93. The van der Waals surface area contributed by atoms with Crippen molar-refractivity contribution in [2.75, 3.05) is 25.5 Å². The average molecular weight is 436 g/mol. The molecule has 1 amide bonds. The van der Waals surface area contributed by atoms with Gasteiger partial charge in [0.2, 0.25) is 0 Å². The highest BCUT2D eigenvalue weighted by Gasteiger charge is 2.28. The molecule has 1 aliphatic heterocycles. The molecule has 1 N–H and O–H groups in total. The van der Waals surface area contributed by atoms with Crippen molar-refractivity contribution in [3.63, 3.8) is 0 Å². The molecule has 160 valence electrons. The highest BCUT2D eigenvalue weighted by molar-refractivity contribution is 7.99. The first-order chi connectivity index (χ1) is 14.9. The number of likely N-dealkylation sites (N-methyl/N-ethyl adjacent to an activating group) is 1. The fourth-order valence-corrected chi connectivity index (χ4v) is 4.98. The van der Waals surface area contributed by atoms with Crippen molar-refractivity contribution < 1.29 is 9.18 Å². The number of fused-ring (bicyclic) bond motifs is 2. The van der Waals surface area contributed by atoms with Crippen molar-refractivity contribution in [1.29, 1.82) is 0 Å². The van der Waals surface area contributed by atoms with Crippen molar-refractivity contribution in [2.45, 2.75) is 29.3 Å². The second kappa shape index (κ2) is 9.12. The van der Waals surface area contributed by atoms with Gasteiger partial charge in [0.25, 0.3) is 5.91 Å². The van der Waals surface area contributed by atoms with E-state index in [4.69, 9.17) is 0 Å². The first-order valence-electron chi connectivity index (χ1n) is 10.3. The van der Waals surface area contributed by atoms with E-state index in [0.29, 0.717) is 11.1 Å². The van der Waals surface area contributed by atoms with Crippen LogP contribution in [-0.4, -0.2) is 37.5 Å². The van der Waals surface area contributed by atoms with Crippen LogP contribution in [0.25, 0.3) is 0 Å². The van der Waals surface area contributed by atoms with Gasteiger partial charge in [0, 0.05) is 40.0 Å². The fraction of sp³-hybridized carbons (Fsp3) is 0.240. The molecule has 0 fully saturated rings. The minimum atomic E-state index is -0.315. The predicted molar refractivity (Wildman–Crippen MR) is 125 cm³/mol. The molecule has 3 aromatic carbocycles. The van der Waals surface area contributed by atoms with Gasteiger partial charge in [0.05, 0.1) is 11.4 Å². The van der Waals surface area contributed by atoms with E-state index in [2.05, 4.69) is 54.3 Å². The molecule has 0 unspecified atom stereocenters. The Balaban J connectivity index is 1.63. The molecule has 4 rings (SSSR count). The van der Waals surface area contributed by atoms with Crippen molar-refractivity contribution in [3.05, 3.63) is 83.7 Å².